The number of ether oxygens (including phenoxy) is 1. The van der Waals surface area contributed by atoms with E-state index in [1.807, 2.05) is 0 Å². The molecular weight excluding hydrogens is 206 g/mol. The van der Waals surface area contributed by atoms with Crippen molar-refractivity contribution in [1.29, 1.82) is 0 Å². The lowest BCUT2D eigenvalue weighted by molar-refractivity contribution is 0.177. The first kappa shape index (κ1) is 11.3. The van der Waals surface area contributed by atoms with Crippen LogP contribution in [0.5, 0.6) is 0 Å². The Hall–Kier alpha value is -1.20. The van der Waals surface area contributed by atoms with Crippen LogP contribution in [-0.4, -0.2) is 30.2 Å². The van der Waals surface area contributed by atoms with E-state index in [-0.39, 0.29) is 5.56 Å². The maximum atomic E-state index is 11.5. The van der Waals surface area contributed by atoms with Crippen LogP contribution in [-0.2, 0) is 11.3 Å². The molecule has 1 fully saturated rings. The maximum absolute atomic E-state index is 11.5. The Balaban J connectivity index is 2.21. The molecule has 1 atom stereocenters. The Labute approximate surface area is 94.2 Å². The lowest BCUT2D eigenvalue weighted by Gasteiger charge is -2.22. The SMILES string of the molecule is COCc1nc(C2CCCNC2)cc(=O)[nH]1. The molecule has 0 bridgehead atoms. The Kier molecular flexibility index (Phi) is 3.69. The van der Waals surface area contributed by atoms with E-state index in [9.17, 15) is 4.79 Å². The molecule has 2 N–H and O–H groups in total. The summed E-state index contributed by atoms with van der Waals surface area (Å²) in [6.45, 7) is 2.32. The number of methoxy groups -OCH3 is 1. The first-order chi connectivity index (χ1) is 7.79. The number of rotatable bonds is 3. The molecule has 5 heteroatoms. The molecule has 1 saturated heterocycles. The molecule has 0 spiro atoms. The molecule has 1 aliphatic heterocycles. The van der Waals surface area contributed by atoms with Gasteiger partial charge < -0.3 is 15.0 Å². The van der Waals surface area contributed by atoms with Gasteiger partial charge in [0.05, 0.1) is 5.69 Å². The van der Waals surface area contributed by atoms with Crippen LogP contribution < -0.4 is 10.9 Å². The van der Waals surface area contributed by atoms with Gasteiger partial charge in [0.1, 0.15) is 12.4 Å². The minimum absolute atomic E-state index is 0.0948. The van der Waals surface area contributed by atoms with Crippen molar-refractivity contribution in [1.82, 2.24) is 15.3 Å². The molecule has 0 aliphatic carbocycles. The van der Waals surface area contributed by atoms with E-state index in [4.69, 9.17) is 4.74 Å². The number of nitrogens with zero attached hydrogens (tertiary/aromatic N) is 1. The zero-order valence-corrected chi connectivity index (χ0v) is 9.45. The van der Waals surface area contributed by atoms with Crippen LogP contribution in [0.3, 0.4) is 0 Å². The highest BCUT2D eigenvalue weighted by molar-refractivity contribution is 5.10. The van der Waals surface area contributed by atoms with Gasteiger partial charge in [-0.05, 0) is 19.4 Å². The zero-order chi connectivity index (χ0) is 11.4. The van der Waals surface area contributed by atoms with Gasteiger partial charge in [-0.25, -0.2) is 4.98 Å². The Morgan fingerprint density at radius 3 is 3.19 bits per heavy atom. The monoisotopic (exact) mass is 223 g/mol. The van der Waals surface area contributed by atoms with Crippen molar-refractivity contribution < 1.29 is 4.74 Å². The molecular formula is C11H17N3O2. The van der Waals surface area contributed by atoms with Crippen LogP contribution in [0.1, 0.15) is 30.3 Å². The third-order valence-electron chi connectivity index (χ3n) is 2.81. The Morgan fingerprint density at radius 1 is 1.62 bits per heavy atom. The summed E-state index contributed by atoms with van der Waals surface area (Å²) >= 11 is 0. The smallest absolute Gasteiger partial charge is 0.251 e. The average Bonchev–Trinajstić information content (AvgIpc) is 2.30. The van der Waals surface area contributed by atoms with Crippen LogP contribution in [0.25, 0.3) is 0 Å². The lowest BCUT2D eigenvalue weighted by atomic mass is 9.96. The van der Waals surface area contributed by atoms with Gasteiger partial charge in [0, 0.05) is 25.6 Å². The molecule has 0 aromatic carbocycles. The molecule has 0 radical (unpaired) electrons. The zero-order valence-electron chi connectivity index (χ0n) is 9.45. The normalized spacial score (nSPS) is 20.9. The number of piperidine rings is 1. The molecule has 1 aromatic heterocycles. The van der Waals surface area contributed by atoms with Gasteiger partial charge in [0.2, 0.25) is 0 Å². The van der Waals surface area contributed by atoms with Gasteiger partial charge in [-0.1, -0.05) is 0 Å². The first-order valence-electron chi connectivity index (χ1n) is 5.59. The molecule has 0 amide bonds. The molecule has 5 nitrogen and oxygen atoms in total. The predicted octanol–water partition coefficient (Wildman–Crippen LogP) is 0.383. The number of nitrogens with one attached hydrogen (secondary N) is 2. The van der Waals surface area contributed by atoms with E-state index in [0.717, 1.165) is 31.6 Å². The van der Waals surface area contributed by atoms with E-state index in [1.54, 1.807) is 13.2 Å². The fraction of sp³-hybridized carbons (Fsp3) is 0.636. The highest BCUT2D eigenvalue weighted by Gasteiger charge is 2.17. The van der Waals surface area contributed by atoms with Gasteiger partial charge in [0.15, 0.2) is 0 Å². The van der Waals surface area contributed by atoms with Crippen LogP contribution in [0, 0.1) is 0 Å². The second-order valence-electron chi connectivity index (χ2n) is 4.09. The second-order valence-corrected chi connectivity index (χ2v) is 4.09. The van der Waals surface area contributed by atoms with Crippen LogP contribution >= 0.6 is 0 Å². The molecule has 2 heterocycles. The van der Waals surface area contributed by atoms with Gasteiger partial charge in [-0.15, -0.1) is 0 Å². The minimum atomic E-state index is -0.0948. The minimum Gasteiger partial charge on any atom is -0.377 e. The van der Waals surface area contributed by atoms with Crippen LogP contribution in [0.4, 0.5) is 0 Å². The average molecular weight is 223 g/mol. The van der Waals surface area contributed by atoms with E-state index < -0.39 is 0 Å². The van der Waals surface area contributed by atoms with E-state index in [0.29, 0.717) is 18.3 Å². The highest BCUT2D eigenvalue weighted by Crippen LogP contribution is 2.20. The summed E-state index contributed by atoms with van der Waals surface area (Å²) in [6, 6.07) is 1.59. The Morgan fingerprint density at radius 2 is 2.50 bits per heavy atom. The van der Waals surface area contributed by atoms with Gasteiger partial charge in [-0.2, -0.15) is 0 Å². The second kappa shape index (κ2) is 5.23. The largest absolute Gasteiger partial charge is 0.377 e. The van der Waals surface area contributed by atoms with Crippen molar-refractivity contribution in [3.05, 3.63) is 27.9 Å². The molecule has 1 aromatic rings. The van der Waals surface area contributed by atoms with Crippen molar-refractivity contribution in [3.8, 4) is 0 Å². The van der Waals surface area contributed by atoms with E-state index in [2.05, 4.69) is 15.3 Å². The molecule has 0 saturated carbocycles. The van der Waals surface area contributed by atoms with Gasteiger partial charge >= 0.3 is 0 Å². The summed E-state index contributed by atoms with van der Waals surface area (Å²) in [5.41, 5.74) is 0.783. The quantitative estimate of drug-likeness (QED) is 0.777. The van der Waals surface area contributed by atoms with Crippen molar-refractivity contribution >= 4 is 0 Å². The first-order valence-corrected chi connectivity index (χ1v) is 5.59. The lowest BCUT2D eigenvalue weighted by Crippen LogP contribution is -2.30. The fourth-order valence-electron chi connectivity index (χ4n) is 2.05. The summed E-state index contributed by atoms with van der Waals surface area (Å²) in [5, 5.41) is 3.32. The third-order valence-corrected chi connectivity index (χ3v) is 2.81. The third kappa shape index (κ3) is 2.68. The summed E-state index contributed by atoms with van der Waals surface area (Å²) < 4.78 is 4.98. The van der Waals surface area contributed by atoms with Crippen LogP contribution in [0.2, 0.25) is 0 Å². The summed E-state index contributed by atoms with van der Waals surface area (Å²) in [4.78, 5) is 18.6. The maximum Gasteiger partial charge on any atom is 0.251 e. The number of hydrogen-bond donors (Lipinski definition) is 2. The van der Waals surface area contributed by atoms with Gasteiger partial charge in [0.25, 0.3) is 5.56 Å². The molecule has 1 aliphatic rings. The van der Waals surface area contributed by atoms with Crippen molar-refractivity contribution in [3.63, 3.8) is 0 Å². The van der Waals surface area contributed by atoms with Crippen molar-refractivity contribution in [2.45, 2.75) is 25.4 Å². The number of hydrogen-bond acceptors (Lipinski definition) is 4. The molecule has 1 unspecified atom stereocenters. The van der Waals surface area contributed by atoms with E-state index in [1.165, 1.54) is 0 Å². The fourth-order valence-corrected chi connectivity index (χ4v) is 2.05. The molecule has 2 rings (SSSR count). The van der Waals surface area contributed by atoms with Crippen molar-refractivity contribution in [2.24, 2.45) is 0 Å². The number of aromatic nitrogens is 2. The van der Waals surface area contributed by atoms with E-state index >= 15 is 0 Å². The summed E-state index contributed by atoms with van der Waals surface area (Å²) in [6.07, 6.45) is 2.23. The van der Waals surface area contributed by atoms with Crippen molar-refractivity contribution in [2.75, 3.05) is 20.2 Å². The predicted molar refractivity (Wildman–Crippen MR) is 60.4 cm³/mol. The number of H-pyrrole nitrogens is 1. The Bertz CT molecular complexity index is 396. The van der Waals surface area contributed by atoms with Crippen LogP contribution in [0.15, 0.2) is 10.9 Å². The highest BCUT2D eigenvalue weighted by atomic mass is 16.5. The molecule has 88 valence electrons. The topological polar surface area (TPSA) is 67.0 Å². The number of aromatic amines is 1. The standard InChI is InChI=1S/C11H17N3O2/c1-16-7-10-13-9(5-11(15)14-10)8-3-2-4-12-6-8/h5,8,12H,2-4,6-7H2,1H3,(H,13,14,15). The summed E-state index contributed by atoms with van der Waals surface area (Å²) in [7, 11) is 1.59. The van der Waals surface area contributed by atoms with Gasteiger partial charge in [-0.3, -0.25) is 4.79 Å². The summed E-state index contributed by atoms with van der Waals surface area (Å²) in [5.74, 6) is 0.960. The molecule has 16 heavy (non-hydrogen) atoms.